The lowest BCUT2D eigenvalue weighted by molar-refractivity contribution is -0.118. The van der Waals surface area contributed by atoms with Gasteiger partial charge in [0.2, 0.25) is 5.91 Å². The van der Waals surface area contributed by atoms with E-state index in [2.05, 4.69) is 16.4 Å². The zero-order valence-electron chi connectivity index (χ0n) is 12.0. The summed E-state index contributed by atoms with van der Waals surface area (Å²) in [6.45, 7) is 0.749. The normalized spacial score (nSPS) is 14.5. The Labute approximate surface area is 133 Å². The number of para-hydroxylation sites is 1. The standard InChI is InChI=1S/C16H20N2OS2/c19-15(11-20-10-12-7-8-12)17-9-3-6-16-18-13-4-1-2-5-14(13)21-16/h1-2,4-5,12H,3,6-11H2,(H,17,19). The molecule has 0 atom stereocenters. The van der Waals surface area contributed by atoms with E-state index in [1.807, 2.05) is 18.2 Å². The van der Waals surface area contributed by atoms with Gasteiger partial charge in [-0.2, -0.15) is 11.8 Å². The van der Waals surface area contributed by atoms with Crippen molar-refractivity contribution in [2.75, 3.05) is 18.1 Å². The Morgan fingerprint density at radius 3 is 3.05 bits per heavy atom. The van der Waals surface area contributed by atoms with Crippen LogP contribution in [0.3, 0.4) is 0 Å². The summed E-state index contributed by atoms with van der Waals surface area (Å²) in [7, 11) is 0. The number of carbonyl (C=O) groups excluding carboxylic acids is 1. The number of thiazole rings is 1. The lowest BCUT2D eigenvalue weighted by Gasteiger charge is -2.04. The van der Waals surface area contributed by atoms with E-state index >= 15 is 0 Å². The van der Waals surface area contributed by atoms with Crippen LogP contribution in [0.25, 0.3) is 10.2 Å². The molecule has 0 unspecified atom stereocenters. The van der Waals surface area contributed by atoms with Crippen molar-refractivity contribution in [2.24, 2.45) is 5.92 Å². The number of nitrogens with one attached hydrogen (secondary N) is 1. The first-order valence-electron chi connectivity index (χ1n) is 7.50. The van der Waals surface area contributed by atoms with Crippen LogP contribution in [0.2, 0.25) is 0 Å². The Balaban J connectivity index is 1.32. The van der Waals surface area contributed by atoms with E-state index in [1.54, 1.807) is 23.1 Å². The molecular weight excluding hydrogens is 300 g/mol. The van der Waals surface area contributed by atoms with Gasteiger partial charge in [-0.3, -0.25) is 4.79 Å². The van der Waals surface area contributed by atoms with E-state index < -0.39 is 0 Å². The van der Waals surface area contributed by atoms with Gasteiger partial charge in [0.1, 0.15) is 0 Å². The van der Waals surface area contributed by atoms with E-state index in [4.69, 9.17) is 0 Å². The highest BCUT2D eigenvalue weighted by Crippen LogP contribution is 2.32. The number of fused-ring (bicyclic) bond motifs is 1. The fourth-order valence-electron chi connectivity index (χ4n) is 2.15. The number of nitrogens with zero attached hydrogens (tertiary/aromatic N) is 1. The van der Waals surface area contributed by atoms with Gasteiger partial charge in [-0.1, -0.05) is 12.1 Å². The SMILES string of the molecule is O=C(CSCC1CC1)NCCCc1nc2ccccc2s1. The Hall–Kier alpha value is -1.07. The summed E-state index contributed by atoms with van der Waals surface area (Å²) in [5.41, 5.74) is 1.08. The minimum atomic E-state index is 0.171. The second kappa shape index (κ2) is 7.27. The number of carbonyl (C=O) groups is 1. The molecule has 2 aromatic rings. The molecule has 112 valence electrons. The predicted octanol–water partition coefficient (Wildman–Crippen LogP) is 3.49. The molecule has 1 amide bonds. The van der Waals surface area contributed by atoms with Crippen LogP contribution in [0.1, 0.15) is 24.3 Å². The van der Waals surface area contributed by atoms with E-state index in [0.29, 0.717) is 5.75 Å². The quantitative estimate of drug-likeness (QED) is 0.757. The molecule has 5 heteroatoms. The second-order valence-corrected chi connectivity index (χ2v) is 7.63. The zero-order chi connectivity index (χ0) is 14.5. The van der Waals surface area contributed by atoms with E-state index in [0.717, 1.165) is 41.6 Å². The van der Waals surface area contributed by atoms with Crippen LogP contribution in [0.5, 0.6) is 0 Å². The van der Waals surface area contributed by atoms with Crippen LogP contribution in [-0.2, 0) is 11.2 Å². The van der Waals surface area contributed by atoms with E-state index in [-0.39, 0.29) is 5.91 Å². The van der Waals surface area contributed by atoms with Crippen LogP contribution >= 0.6 is 23.1 Å². The van der Waals surface area contributed by atoms with Gasteiger partial charge in [-0.05, 0) is 43.1 Å². The summed E-state index contributed by atoms with van der Waals surface area (Å²) in [6, 6.07) is 8.22. The Bertz CT molecular complexity index is 574. The maximum absolute atomic E-state index is 11.7. The fraction of sp³-hybridized carbons (Fsp3) is 0.500. The molecule has 0 spiro atoms. The van der Waals surface area contributed by atoms with Crippen LogP contribution in [0, 0.1) is 5.92 Å². The van der Waals surface area contributed by atoms with Gasteiger partial charge < -0.3 is 5.32 Å². The van der Waals surface area contributed by atoms with Crippen molar-refractivity contribution in [1.82, 2.24) is 10.3 Å². The molecule has 1 fully saturated rings. The van der Waals surface area contributed by atoms with Gasteiger partial charge in [0.15, 0.2) is 0 Å². The van der Waals surface area contributed by atoms with Gasteiger partial charge in [0.25, 0.3) is 0 Å². The first kappa shape index (κ1) is 14.9. The molecule has 21 heavy (non-hydrogen) atoms. The highest BCUT2D eigenvalue weighted by molar-refractivity contribution is 7.99. The average Bonchev–Trinajstić information content (AvgIpc) is 3.21. The van der Waals surface area contributed by atoms with Crippen molar-refractivity contribution in [3.63, 3.8) is 0 Å². The second-order valence-electron chi connectivity index (χ2n) is 5.49. The Kier molecular flexibility index (Phi) is 5.14. The number of rotatable bonds is 8. The molecule has 1 aromatic carbocycles. The van der Waals surface area contributed by atoms with Crippen molar-refractivity contribution < 1.29 is 4.79 Å². The molecule has 3 nitrogen and oxygen atoms in total. The summed E-state index contributed by atoms with van der Waals surface area (Å²) in [6.07, 6.45) is 4.61. The van der Waals surface area contributed by atoms with Crippen molar-refractivity contribution in [1.29, 1.82) is 0 Å². The van der Waals surface area contributed by atoms with E-state index in [9.17, 15) is 4.79 Å². The zero-order valence-corrected chi connectivity index (χ0v) is 13.6. The summed E-state index contributed by atoms with van der Waals surface area (Å²) < 4.78 is 1.24. The Morgan fingerprint density at radius 2 is 2.24 bits per heavy atom. The van der Waals surface area contributed by atoms with Crippen LogP contribution in [0.4, 0.5) is 0 Å². The molecule has 1 aromatic heterocycles. The third kappa shape index (κ3) is 4.71. The number of aromatic nitrogens is 1. The third-order valence-electron chi connectivity index (χ3n) is 3.51. The Morgan fingerprint density at radius 1 is 1.38 bits per heavy atom. The number of benzene rings is 1. The van der Waals surface area contributed by atoms with Crippen LogP contribution < -0.4 is 5.32 Å². The topological polar surface area (TPSA) is 42.0 Å². The summed E-state index contributed by atoms with van der Waals surface area (Å²) in [5, 5.41) is 4.16. The van der Waals surface area contributed by atoms with Crippen molar-refractivity contribution >= 4 is 39.2 Å². The van der Waals surface area contributed by atoms with E-state index in [1.165, 1.54) is 17.5 Å². The highest BCUT2D eigenvalue weighted by atomic mass is 32.2. The minimum Gasteiger partial charge on any atom is -0.355 e. The summed E-state index contributed by atoms with van der Waals surface area (Å²) in [5.74, 6) is 2.82. The average molecular weight is 320 g/mol. The number of aryl methyl sites for hydroxylation is 1. The van der Waals surface area contributed by atoms with Gasteiger partial charge in [0, 0.05) is 13.0 Å². The molecule has 1 aliphatic rings. The lowest BCUT2D eigenvalue weighted by atomic mass is 10.3. The van der Waals surface area contributed by atoms with Crippen LogP contribution in [0.15, 0.2) is 24.3 Å². The fourth-order valence-corrected chi connectivity index (χ4v) is 4.23. The van der Waals surface area contributed by atoms with Gasteiger partial charge in [-0.15, -0.1) is 11.3 Å². The molecule has 0 aliphatic heterocycles. The number of hydrogen-bond donors (Lipinski definition) is 1. The molecule has 0 saturated heterocycles. The molecular formula is C16H20N2OS2. The third-order valence-corrected chi connectivity index (χ3v) is 5.78. The van der Waals surface area contributed by atoms with Gasteiger partial charge in [-0.25, -0.2) is 4.98 Å². The monoisotopic (exact) mass is 320 g/mol. The molecule has 1 heterocycles. The number of thioether (sulfide) groups is 1. The number of hydrogen-bond acceptors (Lipinski definition) is 4. The smallest absolute Gasteiger partial charge is 0.229 e. The molecule has 3 rings (SSSR count). The molecule has 0 bridgehead atoms. The number of amides is 1. The van der Waals surface area contributed by atoms with Gasteiger partial charge >= 0.3 is 0 Å². The molecule has 1 N–H and O–H groups in total. The minimum absolute atomic E-state index is 0.171. The predicted molar refractivity (Wildman–Crippen MR) is 91.0 cm³/mol. The molecule has 1 aliphatic carbocycles. The first-order chi connectivity index (χ1) is 10.3. The van der Waals surface area contributed by atoms with Gasteiger partial charge in [0.05, 0.1) is 21.0 Å². The maximum Gasteiger partial charge on any atom is 0.229 e. The van der Waals surface area contributed by atoms with Crippen molar-refractivity contribution in [3.05, 3.63) is 29.3 Å². The van der Waals surface area contributed by atoms with Crippen molar-refractivity contribution in [3.8, 4) is 0 Å². The summed E-state index contributed by atoms with van der Waals surface area (Å²) in [4.78, 5) is 16.3. The molecule has 1 saturated carbocycles. The van der Waals surface area contributed by atoms with Crippen LogP contribution in [-0.4, -0.2) is 28.9 Å². The highest BCUT2D eigenvalue weighted by Gasteiger charge is 2.21. The maximum atomic E-state index is 11.7. The molecule has 0 radical (unpaired) electrons. The lowest BCUT2D eigenvalue weighted by Crippen LogP contribution is -2.26. The first-order valence-corrected chi connectivity index (χ1v) is 9.47. The summed E-state index contributed by atoms with van der Waals surface area (Å²) >= 11 is 3.52. The largest absolute Gasteiger partial charge is 0.355 e. The van der Waals surface area contributed by atoms with Crippen molar-refractivity contribution in [2.45, 2.75) is 25.7 Å².